The molecule has 0 aromatic heterocycles. The molecule has 0 heterocycles. The Morgan fingerprint density at radius 3 is 2.50 bits per heavy atom. The zero-order valence-corrected chi connectivity index (χ0v) is 16.6. The van der Waals surface area contributed by atoms with Crippen LogP contribution in [0.3, 0.4) is 0 Å². The first-order valence-corrected chi connectivity index (χ1v) is 9.42. The maximum absolute atomic E-state index is 12.2. The molecule has 0 saturated heterocycles. The van der Waals surface area contributed by atoms with Crippen LogP contribution < -0.4 is 15.8 Å². The first-order chi connectivity index (χ1) is 14.5. The predicted octanol–water partition coefficient (Wildman–Crippen LogP) is 4.11. The Morgan fingerprint density at radius 1 is 1.07 bits per heavy atom. The van der Waals surface area contributed by atoms with Gasteiger partial charge >= 0.3 is 0 Å². The van der Waals surface area contributed by atoms with Crippen LogP contribution >= 0.6 is 11.6 Å². The van der Waals surface area contributed by atoms with Crippen molar-refractivity contribution >= 4 is 29.1 Å². The normalized spacial score (nSPS) is 11.2. The van der Waals surface area contributed by atoms with Gasteiger partial charge in [0.2, 0.25) is 5.91 Å². The minimum atomic E-state index is -0.578. The van der Waals surface area contributed by atoms with E-state index in [1.54, 1.807) is 36.4 Å². The molecule has 0 bridgehead atoms. The molecule has 150 valence electrons. The Kier molecular flexibility index (Phi) is 6.68. The van der Waals surface area contributed by atoms with Crippen molar-refractivity contribution < 1.29 is 14.3 Å². The van der Waals surface area contributed by atoms with E-state index >= 15 is 0 Å². The number of carbonyl (C=O) groups excluding carboxylic acids is 2. The van der Waals surface area contributed by atoms with E-state index in [1.807, 2.05) is 30.3 Å². The molecule has 30 heavy (non-hydrogen) atoms. The SMILES string of the molecule is N#CC(c1ccccc1)c1ccc(NC(=O)COc2cccc(C(N)=O)c2)cc1Cl. The monoisotopic (exact) mass is 419 g/mol. The van der Waals surface area contributed by atoms with Gasteiger partial charge in [-0.2, -0.15) is 5.26 Å². The molecule has 3 aromatic rings. The van der Waals surface area contributed by atoms with Crippen molar-refractivity contribution in [2.24, 2.45) is 5.73 Å². The van der Waals surface area contributed by atoms with Crippen LogP contribution in [0.2, 0.25) is 5.02 Å². The highest BCUT2D eigenvalue weighted by Gasteiger charge is 2.17. The van der Waals surface area contributed by atoms with E-state index < -0.39 is 17.7 Å². The van der Waals surface area contributed by atoms with Crippen molar-refractivity contribution in [3.63, 3.8) is 0 Å². The number of primary amides is 1. The number of nitrogens with two attached hydrogens (primary N) is 1. The molecular formula is C23H18ClN3O3. The third-order valence-electron chi connectivity index (χ3n) is 4.35. The van der Waals surface area contributed by atoms with Crippen molar-refractivity contribution in [1.82, 2.24) is 0 Å². The average molecular weight is 420 g/mol. The highest BCUT2D eigenvalue weighted by molar-refractivity contribution is 6.31. The number of ether oxygens (including phenoxy) is 1. The van der Waals surface area contributed by atoms with Crippen LogP contribution in [0.25, 0.3) is 0 Å². The van der Waals surface area contributed by atoms with Gasteiger partial charge in [-0.25, -0.2) is 0 Å². The number of amides is 2. The molecule has 3 aromatic carbocycles. The van der Waals surface area contributed by atoms with E-state index in [-0.39, 0.29) is 6.61 Å². The van der Waals surface area contributed by atoms with Crippen LogP contribution in [0, 0.1) is 11.3 Å². The maximum atomic E-state index is 12.2. The standard InChI is InChI=1S/C23H18ClN3O3/c24-21-12-17(9-10-19(21)20(13-25)15-5-2-1-3-6-15)27-22(28)14-30-18-8-4-7-16(11-18)23(26)29/h1-12,20H,14H2,(H2,26,29)(H,27,28). The number of anilines is 1. The van der Waals surface area contributed by atoms with E-state index in [0.29, 0.717) is 27.6 Å². The van der Waals surface area contributed by atoms with Gasteiger partial charge < -0.3 is 15.8 Å². The van der Waals surface area contributed by atoms with E-state index in [4.69, 9.17) is 22.1 Å². The Morgan fingerprint density at radius 2 is 1.83 bits per heavy atom. The van der Waals surface area contributed by atoms with Gasteiger partial charge in [-0.15, -0.1) is 0 Å². The smallest absolute Gasteiger partial charge is 0.262 e. The van der Waals surface area contributed by atoms with Gasteiger partial charge in [0.1, 0.15) is 5.75 Å². The van der Waals surface area contributed by atoms with E-state index in [0.717, 1.165) is 5.56 Å². The number of benzene rings is 3. The molecule has 0 radical (unpaired) electrons. The number of carbonyl (C=O) groups is 2. The number of nitrogens with zero attached hydrogens (tertiary/aromatic N) is 1. The highest BCUT2D eigenvalue weighted by atomic mass is 35.5. The van der Waals surface area contributed by atoms with Gasteiger partial charge in [0.25, 0.3) is 5.91 Å². The van der Waals surface area contributed by atoms with E-state index in [9.17, 15) is 14.9 Å². The summed E-state index contributed by atoms with van der Waals surface area (Å²) in [6, 6.07) is 22.8. The van der Waals surface area contributed by atoms with Gasteiger partial charge in [0, 0.05) is 16.3 Å². The highest BCUT2D eigenvalue weighted by Crippen LogP contribution is 2.31. The lowest BCUT2D eigenvalue weighted by molar-refractivity contribution is -0.118. The molecule has 1 unspecified atom stereocenters. The summed E-state index contributed by atoms with van der Waals surface area (Å²) in [6.07, 6.45) is 0. The lowest BCUT2D eigenvalue weighted by atomic mass is 9.92. The summed E-state index contributed by atoms with van der Waals surface area (Å²) < 4.78 is 5.40. The molecule has 1 atom stereocenters. The van der Waals surface area contributed by atoms with Crippen molar-refractivity contribution in [2.75, 3.05) is 11.9 Å². The minimum Gasteiger partial charge on any atom is -0.484 e. The maximum Gasteiger partial charge on any atom is 0.262 e. The fourth-order valence-corrected chi connectivity index (χ4v) is 3.18. The molecule has 3 rings (SSSR count). The van der Waals surface area contributed by atoms with Crippen LogP contribution in [0.5, 0.6) is 5.75 Å². The number of nitrogens with one attached hydrogen (secondary N) is 1. The number of rotatable bonds is 7. The summed E-state index contributed by atoms with van der Waals surface area (Å²) in [5.74, 6) is -1.13. The third-order valence-corrected chi connectivity index (χ3v) is 4.67. The Hall–Kier alpha value is -3.82. The van der Waals surface area contributed by atoms with Crippen molar-refractivity contribution in [1.29, 1.82) is 5.26 Å². The lowest BCUT2D eigenvalue weighted by Crippen LogP contribution is -2.20. The molecule has 0 spiro atoms. The molecule has 6 nitrogen and oxygen atoms in total. The first kappa shape index (κ1) is 20.9. The molecule has 0 fully saturated rings. The Balaban J connectivity index is 1.65. The second-order valence-electron chi connectivity index (χ2n) is 6.44. The molecule has 0 aliphatic carbocycles. The molecule has 0 aliphatic heterocycles. The average Bonchev–Trinajstić information content (AvgIpc) is 2.75. The zero-order chi connectivity index (χ0) is 21.5. The van der Waals surface area contributed by atoms with Crippen LogP contribution in [0.1, 0.15) is 27.4 Å². The second kappa shape index (κ2) is 9.59. The van der Waals surface area contributed by atoms with Gasteiger partial charge in [-0.1, -0.05) is 54.1 Å². The van der Waals surface area contributed by atoms with Gasteiger partial charge in [0.05, 0.1) is 12.0 Å². The fraction of sp³-hybridized carbons (Fsp3) is 0.0870. The largest absolute Gasteiger partial charge is 0.484 e. The number of hydrogen-bond donors (Lipinski definition) is 2. The first-order valence-electron chi connectivity index (χ1n) is 9.04. The third kappa shape index (κ3) is 5.16. The summed E-state index contributed by atoms with van der Waals surface area (Å²) in [4.78, 5) is 23.4. The van der Waals surface area contributed by atoms with Gasteiger partial charge in [0.15, 0.2) is 6.61 Å². The van der Waals surface area contributed by atoms with Gasteiger partial charge in [-0.05, 0) is 41.5 Å². The van der Waals surface area contributed by atoms with Crippen LogP contribution in [-0.4, -0.2) is 18.4 Å². The minimum absolute atomic E-state index is 0.258. The summed E-state index contributed by atoms with van der Waals surface area (Å²) in [5.41, 5.74) is 7.49. The zero-order valence-electron chi connectivity index (χ0n) is 15.8. The Labute approximate surface area is 178 Å². The van der Waals surface area contributed by atoms with Gasteiger partial charge in [-0.3, -0.25) is 9.59 Å². The van der Waals surface area contributed by atoms with Crippen molar-refractivity contribution in [3.8, 4) is 11.8 Å². The quantitative estimate of drug-likeness (QED) is 0.601. The second-order valence-corrected chi connectivity index (χ2v) is 6.85. The number of halogens is 1. The summed E-state index contributed by atoms with van der Waals surface area (Å²) >= 11 is 6.38. The van der Waals surface area contributed by atoms with Crippen LogP contribution in [0.15, 0.2) is 72.8 Å². The molecule has 3 N–H and O–H groups in total. The summed E-state index contributed by atoms with van der Waals surface area (Å²) in [5, 5.41) is 12.6. The number of hydrogen-bond acceptors (Lipinski definition) is 4. The Bertz CT molecular complexity index is 1110. The van der Waals surface area contributed by atoms with Crippen molar-refractivity contribution in [2.45, 2.75) is 5.92 Å². The number of nitriles is 1. The fourth-order valence-electron chi connectivity index (χ4n) is 2.89. The molecule has 7 heteroatoms. The molecule has 0 aliphatic rings. The van der Waals surface area contributed by atoms with Crippen LogP contribution in [0.4, 0.5) is 5.69 Å². The molecule has 0 saturated carbocycles. The van der Waals surface area contributed by atoms with E-state index in [2.05, 4.69) is 11.4 Å². The summed E-state index contributed by atoms with van der Waals surface area (Å²) in [6.45, 7) is -0.258. The van der Waals surface area contributed by atoms with Crippen LogP contribution in [-0.2, 0) is 4.79 Å². The van der Waals surface area contributed by atoms with Crippen molar-refractivity contribution in [3.05, 3.63) is 94.5 Å². The topological polar surface area (TPSA) is 105 Å². The predicted molar refractivity (Wildman–Crippen MR) is 114 cm³/mol. The lowest BCUT2D eigenvalue weighted by Gasteiger charge is -2.14. The summed E-state index contributed by atoms with van der Waals surface area (Å²) in [7, 11) is 0. The molecule has 2 amide bonds. The molecular weight excluding hydrogens is 402 g/mol. The van der Waals surface area contributed by atoms with E-state index in [1.165, 1.54) is 6.07 Å².